The maximum atomic E-state index is 11.9. The second kappa shape index (κ2) is 8.03. The Morgan fingerprint density at radius 3 is 2.52 bits per heavy atom. The topological polar surface area (TPSA) is 69.5 Å². The van der Waals surface area contributed by atoms with E-state index in [0.29, 0.717) is 19.6 Å². The Morgan fingerprint density at radius 1 is 1.26 bits per heavy atom. The molecule has 7 heteroatoms. The normalized spacial score (nSPS) is 12.7. The van der Waals surface area contributed by atoms with Crippen molar-refractivity contribution in [2.24, 2.45) is 0 Å². The Hall–Kier alpha value is -1.99. The summed E-state index contributed by atoms with van der Waals surface area (Å²) < 4.78 is 13.0. The maximum Gasteiger partial charge on any atom is 0.220 e. The second-order valence-electron chi connectivity index (χ2n) is 5.21. The molecular weight excluding hydrogens is 296 g/mol. The lowest BCUT2D eigenvalue weighted by Gasteiger charge is -2.30. The zero-order valence-electron chi connectivity index (χ0n) is 14.1. The molecule has 126 valence electrons. The molecule has 7 nitrogen and oxygen atoms in total. The van der Waals surface area contributed by atoms with Gasteiger partial charge in [0.2, 0.25) is 5.91 Å². The van der Waals surface area contributed by atoms with Crippen LogP contribution in [-0.4, -0.2) is 52.4 Å². The van der Waals surface area contributed by atoms with Crippen molar-refractivity contribution >= 4 is 16.9 Å². The van der Waals surface area contributed by atoms with Crippen molar-refractivity contribution in [3.8, 4) is 0 Å². The molecular formula is C16H24N4O3. The Bertz CT molecular complexity index is 637. The van der Waals surface area contributed by atoms with Gasteiger partial charge in [-0.3, -0.25) is 4.79 Å². The van der Waals surface area contributed by atoms with Crippen LogP contribution in [0.1, 0.15) is 33.4 Å². The molecule has 0 saturated heterocycles. The molecule has 23 heavy (non-hydrogen) atoms. The third-order valence-corrected chi connectivity index (χ3v) is 3.71. The molecule has 2 rings (SSSR count). The highest BCUT2D eigenvalue weighted by molar-refractivity contribution is 5.75. The van der Waals surface area contributed by atoms with Crippen LogP contribution < -0.4 is 0 Å². The lowest BCUT2D eigenvalue weighted by molar-refractivity contribution is -0.158. The molecule has 0 aliphatic heterocycles. The summed E-state index contributed by atoms with van der Waals surface area (Å²) in [5, 5.41) is 8.41. The molecule has 1 unspecified atom stereocenters. The van der Waals surface area contributed by atoms with Crippen LogP contribution in [0.4, 0.5) is 0 Å². The van der Waals surface area contributed by atoms with Crippen molar-refractivity contribution in [3.05, 3.63) is 24.3 Å². The molecule has 0 N–H and O–H groups in total. The number of ether oxygens (including phenoxy) is 2. The minimum absolute atomic E-state index is 0.0543. The second-order valence-corrected chi connectivity index (χ2v) is 5.21. The molecule has 0 aliphatic carbocycles. The molecule has 1 heterocycles. The summed E-state index contributed by atoms with van der Waals surface area (Å²) in [4.78, 5) is 13.5. The molecule has 1 aromatic carbocycles. The van der Waals surface area contributed by atoms with Crippen molar-refractivity contribution in [1.29, 1.82) is 0 Å². The number of rotatable bonds is 8. The van der Waals surface area contributed by atoms with Crippen LogP contribution in [0.25, 0.3) is 11.0 Å². The molecule has 0 radical (unpaired) electrons. The van der Waals surface area contributed by atoms with Crippen LogP contribution in [0.3, 0.4) is 0 Å². The average Bonchev–Trinajstić information content (AvgIpc) is 2.96. The minimum atomic E-state index is -0.403. The smallest absolute Gasteiger partial charge is 0.220 e. The van der Waals surface area contributed by atoms with E-state index < -0.39 is 6.29 Å². The van der Waals surface area contributed by atoms with Gasteiger partial charge < -0.3 is 14.4 Å². The van der Waals surface area contributed by atoms with E-state index in [2.05, 4.69) is 10.3 Å². The van der Waals surface area contributed by atoms with E-state index in [-0.39, 0.29) is 12.1 Å². The van der Waals surface area contributed by atoms with E-state index in [1.54, 1.807) is 16.6 Å². The number of hydrogen-bond acceptors (Lipinski definition) is 5. The first-order chi connectivity index (χ1) is 11.1. The molecule has 0 saturated carbocycles. The fraction of sp³-hybridized carbons (Fsp3) is 0.562. The Labute approximate surface area is 136 Å². The van der Waals surface area contributed by atoms with E-state index in [0.717, 1.165) is 11.0 Å². The van der Waals surface area contributed by atoms with E-state index >= 15 is 0 Å². The number of aromatic nitrogens is 3. The van der Waals surface area contributed by atoms with Crippen LogP contribution >= 0.6 is 0 Å². The monoisotopic (exact) mass is 320 g/mol. The highest BCUT2D eigenvalue weighted by Gasteiger charge is 2.26. The van der Waals surface area contributed by atoms with Crippen LogP contribution in [0.2, 0.25) is 0 Å². The van der Waals surface area contributed by atoms with Gasteiger partial charge in [0.1, 0.15) is 11.7 Å². The lowest BCUT2D eigenvalue weighted by Crippen LogP contribution is -2.37. The van der Waals surface area contributed by atoms with Crippen LogP contribution in [0.5, 0.6) is 0 Å². The fourth-order valence-electron chi connectivity index (χ4n) is 2.47. The zero-order valence-corrected chi connectivity index (χ0v) is 14.1. The third-order valence-electron chi connectivity index (χ3n) is 3.71. The van der Waals surface area contributed by atoms with E-state index in [4.69, 9.17) is 9.47 Å². The minimum Gasteiger partial charge on any atom is -0.353 e. The quantitative estimate of drug-likeness (QED) is 0.697. The van der Waals surface area contributed by atoms with E-state index in [1.807, 2.05) is 38.1 Å². The SMILES string of the molecule is CCOC(CC(N(C)C(C)=O)n1nnc2ccccc21)OCC. The first-order valence-electron chi connectivity index (χ1n) is 7.85. The molecule has 1 aromatic heterocycles. The van der Waals surface area contributed by atoms with Gasteiger partial charge in [-0.25, -0.2) is 4.68 Å². The molecule has 0 aliphatic rings. The largest absolute Gasteiger partial charge is 0.353 e. The van der Waals surface area contributed by atoms with E-state index in [9.17, 15) is 4.79 Å². The molecule has 2 aromatic rings. The van der Waals surface area contributed by atoms with Crippen molar-refractivity contribution in [2.45, 2.75) is 39.6 Å². The number of benzene rings is 1. The maximum absolute atomic E-state index is 11.9. The van der Waals surface area contributed by atoms with Gasteiger partial charge in [-0.05, 0) is 26.0 Å². The summed E-state index contributed by atoms with van der Waals surface area (Å²) in [6, 6.07) is 7.67. The Balaban J connectivity index is 2.35. The van der Waals surface area contributed by atoms with Gasteiger partial charge >= 0.3 is 0 Å². The van der Waals surface area contributed by atoms with Crippen LogP contribution in [0.15, 0.2) is 24.3 Å². The highest BCUT2D eigenvalue weighted by Crippen LogP contribution is 2.23. The van der Waals surface area contributed by atoms with Crippen LogP contribution in [-0.2, 0) is 14.3 Å². The van der Waals surface area contributed by atoms with Gasteiger partial charge in [0.15, 0.2) is 6.29 Å². The molecule has 0 fully saturated rings. The van der Waals surface area contributed by atoms with Crippen LogP contribution in [0, 0.1) is 0 Å². The molecule has 1 amide bonds. The number of carbonyl (C=O) groups excluding carboxylic acids is 1. The number of para-hydroxylation sites is 1. The number of fused-ring (bicyclic) bond motifs is 1. The summed E-state index contributed by atoms with van der Waals surface area (Å²) >= 11 is 0. The summed E-state index contributed by atoms with van der Waals surface area (Å²) in [5.74, 6) is -0.0543. The first-order valence-corrected chi connectivity index (χ1v) is 7.85. The Kier molecular flexibility index (Phi) is 6.06. The van der Waals surface area contributed by atoms with Crippen molar-refractivity contribution < 1.29 is 14.3 Å². The predicted molar refractivity (Wildman–Crippen MR) is 86.7 cm³/mol. The van der Waals surface area contributed by atoms with Gasteiger partial charge in [0.25, 0.3) is 0 Å². The number of carbonyl (C=O) groups is 1. The van der Waals surface area contributed by atoms with E-state index in [1.165, 1.54) is 6.92 Å². The van der Waals surface area contributed by atoms with Gasteiger partial charge in [-0.15, -0.1) is 5.10 Å². The predicted octanol–water partition coefficient (Wildman–Crippen LogP) is 2.20. The zero-order chi connectivity index (χ0) is 16.8. The summed E-state index contributed by atoms with van der Waals surface area (Å²) in [7, 11) is 1.75. The first kappa shape index (κ1) is 17.4. The molecule has 0 bridgehead atoms. The average molecular weight is 320 g/mol. The van der Waals surface area contributed by atoms with Gasteiger partial charge in [0, 0.05) is 33.6 Å². The molecule has 1 atom stereocenters. The Morgan fingerprint density at radius 2 is 1.91 bits per heavy atom. The van der Waals surface area contributed by atoms with Crippen molar-refractivity contribution in [1.82, 2.24) is 19.9 Å². The van der Waals surface area contributed by atoms with Gasteiger partial charge in [-0.2, -0.15) is 0 Å². The standard InChI is InChI=1S/C16H24N4O3/c1-5-22-16(23-6-2)11-15(19(4)12(3)21)20-14-10-8-7-9-13(14)17-18-20/h7-10,15-16H,5-6,11H2,1-4H3. The highest BCUT2D eigenvalue weighted by atomic mass is 16.7. The number of hydrogen-bond donors (Lipinski definition) is 0. The number of amides is 1. The van der Waals surface area contributed by atoms with Gasteiger partial charge in [0.05, 0.1) is 5.52 Å². The summed E-state index contributed by atoms with van der Waals surface area (Å²) in [6.45, 7) is 6.45. The summed E-state index contributed by atoms with van der Waals surface area (Å²) in [6.07, 6.45) is -0.256. The molecule has 0 spiro atoms. The summed E-state index contributed by atoms with van der Waals surface area (Å²) in [5.41, 5.74) is 1.66. The lowest BCUT2D eigenvalue weighted by atomic mass is 10.2. The van der Waals surface area contributed by atoms with Crippen molar-refractivity contribution in [3.63, 3.8) is 0 Å². The number of nitrogens with zero attached hydrogens (tertiary/aromatic N) is 4. The fourth-order valence-corrected chi connectivity index (χ4v) is 2.47. The van der Waals surface area contributed by atoms with Crippen molar-refractivity contribution in [2.75, 3.05) is 20.3 Å². The third kappa shape index (κ3) is 4.05. The van der Waals surface area contributed by atoms with Gasteiger partial charge in [-0.1, -0.05) is 17.3 Å².